The smallest absolute Gasteiger partial charge is 0.425 e. The van der Waals surface area contributed by atoms with Gasteiger partial charge in [-0.2, -0.15) is 31.6 Å². The van der Waals surface area contributed by atoms with Crippen LogP contribution in [0.3, 0.4) is 0 Å². The van der Waals surface area contributed by atoms with Gasteiger partial charge < -0.3 is 28.7 Å². The van der Waals surface area contributed by atoms with Crippen molar-refractivity contribution < 1.29 is 59.4 Å². The van der Waals surface area contributed by atoms with Crippen molar-refractivity contribution in [3.63, 3.8) is 0 Å². The molecule has 19 heteroatoms. The molecular weight excluding hydrogens is 801 g/mol. The highest BCUT2D eigenvalue weighted by Crippen LogP contribution is 2.47. The largest absolute Gasteiger partial charge is 0.507 e. The van der Waals surface area contributed by atoms with Gasteiger partial charge in [-0.3, -0.25) is 19.1 Å². The summed E-state index contributed by atoms with van der Waals surface area (Å²) in [6.07, 6.45) is -3.68. The number of likely N-dealkylation sites (tertiary alicyclic amines) is 2. The predicted octanol–water partition coefficient (Wildman–Crippen LogP) is 8.93. The quantitative estimate of drug-likeness (QED) is 0.107. The van der Waals surface area contributed by atoms with Crippen LogP contribution in [0.15, 0.2) is 54.2 Å². The number of ether oxygens (including phenoxy) is 1. The number of amides is 2. The van der Waals surface area contributed by atoms with Gasteiger partial charge in [0, 0.05) is 69.3 Å². The number of nitrogens with zero attached hydrogens (tertiary/aromatic N) is 4. The van der Waals surface area contributed by atoms with Crippen molar-refractivity contribution in [1.29, 1.82) is 5.26 Å². The lowest BCUT2D eigenvalue weighted by atomic mass is 9.73. The van der Waals surface area contributed by atoms with Gasteiger partial charge in [0.1, 0.15) is 16.4 Å². The van der Waals surface area contributed by atoms with E-state index < -0.39 is 59.2 Å². The molecule has 2 atom stereocenters. The Bertz CT molecular complexity index is 1900. The van der Waals surface area contributed by atoms with E-state index >= 15 is 0 Å². The fourth-order valence-electron chi connectivity index (χ4n) is 7.16. The predicted molar refractivity (Wildman–Crippen MR) is 199 cm³/mol. The van der Waals surface area contributed by atoms with E-state index in [0.29, 0.717) is 86.8 Å². The van der Waals surface area contributed by atoms with E-state index in [9.17, 15) is 45.8 Å². The van der Waals surface area contributed by atoms with Crippen LogP contribution < -0.4 is 4.74 Å². The Hall–Kier alpha value is -4.17. The van der Waals surface area contributed by atoms with Crippen molar-refractivity contribution in [2.45, 2.75) is 75.7 Å². The Morgan fingerprint density at radius 1 is 1.07 bits per heavy atom. The molecule has 1 N–H and O–H groups in total. The van der Waals surface area contributed by atoms with Crippen LogP contribution in [0, 0.1) is 17.2 Å². The average molecular weight is 847 g/mol. The molecule has 4 heterocycles. The van der Waals surface area contributed by atoms with E-state index in [1.807, 2.05) is 25.1 Å². The molecule has 5 rings (SSSR count). The molecule has 0 bridgehead atoms. The maximum absolute atomic E-state index is 14.0. The molecular formula is C38H45F6N4O7PS. The van der Waals surface area contributed by atoms with Gasteiger partial charge in [0.05, 0.1) is 41.3 Å². The summed E-state index contributed by atoms with van der Waals surface area (Å²) in [6.45, 7) is 3.01. The molecule has 3 aromatic rings. The van der Waals surface area contributed by atoms with Gasteiger partial charge in [-0.1, -0.05) is 31.5 Å². The average Bonchev–Trinajstić information content (AvgIpc) is 3.66. The summed E-state index contributed by atoms with van der Waals surface area (Å²) < 4.78 is 105. The SMILES string of the molecule is CCCC1C(C(=O)N2CCC(C#N)(c3ccccc3OCCCP(=O)(OC)OC)CC2)CCCN1C(=O)c1cnccc1C(F)(F)F.Oc1csc(C(F)(F)F)c1. The first-order valence-electron chi connectivity index (χ1n) is 18.2. The first-order chi connectivity index (χ1) is 26.9. The summed E-state index contributed by atoms with van der Waals surface area (Å²) in [7, 11) is -0.509. The number of hydrogen-bond acceptors (Lipinski definition) is 10. The molecule has 2 aromatic heterocycles. The number of alkyl halides is 6. The number of carbonyl (C=O) groups is 2. The van der Waals surface area contributed by atoms with Gasteiger partial charge in [-0.25, -0.2) is 0 Å². The Labute approximate surface area is 331 Å². The molecule has 2 unspecified atom stereocenters. The van der Waals surface area contributed by atoms with Gasteiger partial charge in [-0.05, 0) is 50.7 Å². The molecule has 2 amide bonds. The van der Waals surface area contributed by atoms with Crippen LogP contribution in [0.5, 0.6) is 11.5 Å². The van der Waals surface area contributed by atoms with E-state index in [0.717, 1.165) is 23.8 Å². The third-order valence-electron chi connectivity index (χ3n) is 10.1. The molecule has 0 saturated carbocycles. The maximum Gasteiger partial charge on any atom is 0.425 e. The Balaban J connectivity index is 0.000000626. The number of aromatic hydroxyl groups is 1. The lowest BCUT2D eigenvalue weighted by Gasteiger charge is -2.44. The summed E-state index contributed by atoms with van der Waals surface area (Å²) in [5.41, 5.74) is -1.75. The Kier molecular flexibility index (Phi) is 15.6. The molecule has 0 radical (unpaired) electrons. The normalized spacial score (nSPS) is 18.6. The highest BCUT2D eigenvalue weighted by Gasteiger charge is 2.45. The van der Waals surface area contributed by atoms with Crippen molar-refractivity contribution in [1.82, 2.24) is 14.8 Å². The molecule has 2 aliphatic rings. The topological polar surface area (TPSA) is 142 Å². The summed E-state index contributed by atoms with van der Waals surface area (Å²) in [5, 5.41) is 20.0. The number of aromatic nitrogens is 1. The van der Waals surface area contributed by atoms with Gasteiger partial charge in [0.25, 0.3) is 5.91 Å². The fraction of sp³-hybridized carbons (Fsp3) is 0.526. The van der Waals surface area contributed by atoms with Crippen molar-refractivity contribution >= 4 is 30.7 Å². The highest BCUT2D eigenvalue weighted by molar-refractivity contribution is 7.53. The molecule has 2 fully saturated rings. The molecule has 0 spiro atoms. The number of piperidine rings is 2. The minimum atomic E-state index is -4.72. The molecule has 1 aromatic carbocycles. The first kappa shape index (κ1) is 45.5. The van der Waals surface area contributed by atoms with Gasteiger partial charge in [0.2, 0.25) is 5.91 Å². The number of benzene rings is 1. The number of carbonyl (C=O) groups excluding carboxylic acids is 2. The van der Waals surface area contributed by atoms with Crippen LogP contribution in [0.2, 0.25) is 0 Å². The Morgan fingerprint density at radius 3 is 2.32 bits per heavy atom. The van der Waals surface area contributed by atoms with Crippen LogP contribution in [-0.2, 0) is 36.2 Å². The summed E-state index contributed by atoms with van der Waals surface area (Å²) >= 11 is 0.481. The molecule has 0 aliphatic carbocycles. The zero-order valence-electron chi connectivity index (χ0n) is 31.6. The second-order valence-electron chi connectivity index (χ2n) is 13.6. The first-order valence-corrected chi connectivity index (χ1v) is 20.8. The number of hydrogen-bond donors (Lipinski definition) is 1. The van der Waals surface area contributed by atoms with Crippen LogP contribution >= 0.6 is 18.9 Å². The van der Waals surface area contributed by atoms with E-state index in [4.69, 9.17) is 18.9 Å². The third kappa shape index (κ3) is 11.3. The summed E-state index contributed by atoms with van der Waals surface area (Å²) in [4.78, 5) is 33.8. The number of thiophene rings is 1. The fourth-order valence-corrected chi connectivity index (χ4v) is 8.83. The van der Waals surface area contributed by atoms with Crippen LogP contribution in [0.25, 0.3) is 0 Å². The third-order valence-corrected chi connectivity index (χ3v) is 13.0. The maximum atomic E-state index is 14.0. The number of para-hydroxylation sites is 1. The molecule has 57 heavy (non-hydrogen) atoms. The van der Waals surface area contributed by atoms with E-state index in [1.165, 1.54) is 19.1 Å². The number of pyridine rings is 1. The van der Waals surface area contributed by atoms with Crippen LogP contribution in [-0.4, -0.2) is 84.4 Å². The zero-order valence-corrected chi connectivity index (χ0v) is 33.4. The number of nitriles is 1. The van der Waals surface area contributed by atoms with Crippen LogP contribution in [0.1, 0.15) is 78.2 Å². The van der Waals surface area contributed by atoms with Crippen molar-refractivity contribution in [3.8, 4) is 17.6 Å². The second kappa shape index (κ2) is 19.5. The van der Waals surface area contributed by atoms with Gasteiger partial charge in [-0.15, -0.1) is 11.3 Å². The molecule has 312 valence electrons. The van der Waals surface area contributed by atoms with Crippen molar-refractivity contribution in [3.05, 3.63) is 75.7 Å². The van der Waals surface area contributed by atoms with E-state index in [1.54, 1.807) is 11.0 Å². The lowest BCUT2D eigenvalue weighted by molar-refractivity contribution is -0.141. The second-order valence-corrected chi connectivity index (χ2v) is 16.9. The minimum Gasteiger partial charge on any atom is -0.507 e. The summed E-state index contributed by atoms with van der Waals surface area (Å²) in [6, 6.07) is 10.7. The zero-order chi connectivity index (χ0) is 42.0. The Morgan fingerprint density at radius 2 is 1.75 bits per heavy atom. The number of halogens is 6. The van der Waals surface area contributed by atoms with Crippen LogP contribution in [0.4, 0.5) is 26.3 Å². The van der Waals surface area contributed by atoms with Crippen molar-refractivity contribution in [2.24, 2.45) is 5.92 Å². The highest BCUT2D eigenvalue weighted by atomic mass is 32.1. The molecule has 2 aliphatic heterocycles. The number of rotatable bonds is 12. The van der Waals surface area contributed by atoms with Gasteiger partial charge in [0.15, 0.2) is 0 Å². The van der Waals surface area contributed by atoms with Gasteiger partial charge >= 0.3 is 19.9 Å². The molecule has 2 saturated heterocycles. The standard InChI is InChI=1S/C33H42F3N4O6P.C5H3F3OS/c1-4-9-28-24(10-7-17-40(28)31(42)25-22-38-16-13-26(25)33(34,35)36)30(41)39-18-14-32(23-37,15-19-39)27-11-5-6-12-29(27)46-20-8-21-47(43,44-2)45-3;6-5(7,8)4-1-3(9)2-10-4/h5-6,11-13,16,22,24,28H,4,7-10,14-15,17-21H2,1-3H3;1-2,9H. The van der Waals surface area contributed by atoms with E-state index in [2.05, 4.69) is 11.1 Å². The summed E-state index contributed by atoms with van der Waals surface area (Å²) in [5.74, 6) is -1.29. The lowest BCUT2D eigenvalue weighted by Crippen LogP contribution is -2.55. The minimum absolute atomic E-state index is 0.153. The van der Waals surface area contributed by atoms with Crippen molar-refractivity contribution in [2.75, 3.05) is 46.6 Å². The monoisotopic (exact) mass is 846 g/mol. The van der Waals surface area contributed by atoms with E-state index in [-0.39, 0.29) is 31.0 Å². The molecule has 11 nitrogen and oxygen atoms in total.